The Morgan fingerprint density at radius 3 is 2.34 bits per heavy atom. The monoisotopic (exact) mass is 515 g/mol. The summed E-state index contributed by atoms with van der Waals surface area (Å²) in [5.41, 5.74) is -1.02. The van der Waals surface area contributed by atoms with Crippen LogP contribution in [0.4, 0.5) is 37.3 Å². The van der Waals surface area contributed by atoms with Crippen LogP contribution in [0.5, 0.6) is 0 Å². The van der Waals surface area contributed by atoms with Crippen molar-refractivity contribution in [2.75, 3.05) is 5.32 Å². The van der Waals surface area contributed by atoms with Gasteiger partial charge in [-0.05, 0) is 50.6 Å². The number of nitrogens with zero attached hydrogens (tertiary/aromatic N) is 6. The van der Waals surface area contributed by atoms with E-state index in [9.17, 15) is 26.3 Å². The summed E-state index contributed by atoms with van der Waals surface area (Å²) in [5, 5.41) is 20.8. The van der Waals surface area contributed by atoms with Crippen LogP contribution in [-0.2, 0) is 18.9 Å². The van der Waals surface area contributed by atoms with E-state index in [-0.39, 0.29) is 11.9 Å². The summed E-state index contributed by atoms with van der Waals surface area (Å²) in [5.74, 6) is 0.256. The molecule has 0 saturated heterocycles. The molecule has 0 aliphatic rings. The van der Waals surface area contributed by atoms with Gasteiger partial charge in [-0.2, -0.15) is 36.5 Å². The molecule has 3 aromatic heterocycles. The second kappa shape index (κ2) is 8.98. The number of benzene rings is 1. The molecule has 7 nitrogen and oxygen atoms in total. The predicted molar refractivity (Wildman–Crippen MR) is 116 cm³/mol. The number of halogens is 6. The quantitative estimate of drug-likeness (QED) is 0.320. The average molecular weight is 515 g/mol. The van der Waals surface area contributed by atoms with Crippen molar-refractivity contribution in [1.82, 2.24) is 29.8 Å². The maximum absolute atomic E-state index is 13.3. The van der Waals surface area contributed by atoms with Crippen LogP contribution in [-0.4, -0.2) is 29.8 Å². The van der Waals surface area contributed by atoms with Crippen molar-refractivity contribution >= 4 is 22.3 Å². The smallest absolute Gasteiger partial charge is 0.313 e. The van der Waals surface area contributed by atoms with E-state index in [4.69, 9.17) is 0 Å². The van der Waals surface area contributed by atoms with Crippen LogP contribution in [0, 0.1) is 13.8 Å². The zero-order valence-corrected chi connectivity index (χ0v) is 19.4. The van der Waals surface area contributed by atoms with Crippen molar-refractivity contribution in [3.63, 3.8) is 0 Å². The summed E-state index contributed by atoms with van der Waals surface area (Å²) in [6.07, 6.45) is -8.21. The molecule has 0 aliphatic heterocycles. The summed E-state index contributed by atoms with van der Waals surface area (Å²) in [4.78, 5) is 0. The van der Waals surface area contributed by atoms with Crippen LogP contribution in [0.1, 0.15) is 46.1 Å². The molecule has 1 aromatic carbocycles. The molecule has 0 radical (unpaired) electrons. The van der Waals surface area contributed by atoms with E-state index in [1.807, 2.05) is 31.5 Å². The number of hydrogen-bond donors (Lipinski definition) is 1. The van der Waals surface area contributed by atoms with Crippen molar-refractivity contribution in [3.8, 4) is 0 Å². The second-order valence-electron chi connectivity index (χ2n) is 7.88. The van der Waals surface area contributed by atoms with Gasteiger partial charge in [0.15, 0.2) is 5.82 Å². The lowest BCUT2D eigenvalue weighted by Crippen LogP contribution is -2.15. The largest absolute Gasteiger partial charge is 0.416 e. The lowest BCUT2D eigenvalue weighted by atomic mass is 10.0. The molecule has 0 saturated carbocycles. The number of nitrogens with one attached hydrogen (secondary N) is 1. The van der Waals surface area contributed by atoms with Crippen LogP contribution in [0.15, 0.2) is 36.5 Å². The molecule has 1 unspecified atom stereocenters. The average Bonchev–Trinajstić information content (AvgIpc) is 3.47. The van der Waals surface area contributed by atoms with Crippen LogP contribution in [0.3, 0.4) is 0 Å². The van der Waals surface area contributed by atoms with Crippen LogP contribution in [0.2, 0.25) is 0 Å². The highest BCUT2D eigenvalue weighted by Gasteiger charge is 2.37. The Labute approximate surface area is 199 Å². The SMILES string of the molecule is Cc1cc(C)n(C(C)c2nnc(Nc3ccn(Cc4cc(C(F)(F)F)ccc4C(F)(F)F)n3)s2)n1. The fraction of sp³-hybridized carbons (Fsp3) is 0.333. The van der Waals surface area contributed by atoms with Gasteiger partial charge < -0.3 is 5.32 Å². The molecule has 0 amide bonds. The first-order chi connectivity index (χ1) is 16.3. The number of aryl methyl sites for hydroxylation is 2. The number of alkyl halides is 6. The molecule has 0 fully saturated rings. The van der Waals surface area contributed by atoms with Gasteiger partial charge in [0.25, 0.3) is 0 Å². The minimum Gasteiger partial charge on any atom is -0.313 e. The topological polar surface area (TPSA) is 73.5 Å². The summed E-state index contributed by atoms with van der Waals surface area (Å²) in [6, 6.07) is 4.60. The first kappa shape index (κ1) is 24.7. The first-order valence-corrected chi connectivity index (χ1v) is 11.1. The maximum atomic E-state index is 13.3. The van der Waals surface area contributed by atoms with Gasteiger partial charge in [-0.15, -0.1) is 10.2 Å². The molecule has 1 N–H and O–H groups in total. The van der Waals surface area contributed by atoms with E-state index < -0.39 is 35.6 Å². The van der Waals surface area contributed by atoms with E-state index in [2.05, 4.69) is 25.7 Å². The van der Waals surface area contributed by atoms with Gasteiger partial charge in [-0.1, -0.05) is 11.3 Å². The fourth-order valence-electron chi connectivity index (χ4n) is 3.57. The van der Waals surface area contributed by atoms with Gasteiger partial charge in [0.05, 0.1) is 23.4 Å². The Kier molecular flexibility index (Phi) is 6.34. The van der Waals surface area contributed by atoms with Gasteiger partial charge >= 0.3 is 12.4 Å². The molecule has 4 aromatic rings. The summed E-state index contributed by atoms with van der Waals surface area (Å²) in [7, 11) is 0. The van der Waals surface area contributed by atoms with E-state index >= 15 is 0 Å². The number of hydrogen-bond acceptors (Lipinski definition) is 6. The van der Waals surface area contributed by atoms with E-state index in [1.54, 1.807) is 0 Å². The number of rotatable bonds is 6. The van der Waals surface area contributed by atoms with Crippen molar-refractivity contribution in [3.05, 3.63) is 69.6 Å². The van der Waals surface area contributed by atoms with E-state index in [1.165, 1.54) is 23.6 Å². The van der Waals surface area contributed by atoms with Crippen LogP contribution >= 0.6 is 11.3 Å². The zero-order valence-electron chi connectivity index (χ0n) is 18.6. The summed E-state index contributed by atoms with van der Waals surface area (Å²) >= 11 is 1.26. The molecule has 0 bridgehead atoms. The molecule has 14 heteroatoms. The third-order valence-electron chi connectivity index (χ3n) is 5.16. The first-order valence-electron chi connectivity index (χ1n) is 10.2. The Hall–Kier alpha value is -3.42. The Morgan fingerprint density at radius 1 is 0.971 bits per heavy atom. The van der Waals surface area contributed by atoms with E-state index in [0.717, 1.165) is 16.1 Å². The van der Waals surface area contributed by atoms with Gasteiger partial charge in [0.1, 0.15) is 11.0 Å². The summed E-state index contributed by atoms with van der Waals surface area (Å²) in [6.45, 7) is 5.23. The zero-order chi connectivity index (χ0) is 25.5. The molecule has 3 heterocycles. The lowest BCUT2D eigenvalue weighted by molar-refractivity contribution is -0.141. The van der Waals surface area contributed by atoms with Gasteiger partial charge in [-0.3, -0.25) is 9.36 Å². The number of aromatic nitrogens is 6. The number of anilines is 2. The molecule has 0 aliphatic carbocycles. The maximum Gasteiger partial charge on any atom is 0.416 e. The molecule has 0 spiro atoms. The van der Waals surface area contributed by atoms with Crippen molar-refractivity contribution in [1.29, 1.82) is 0 Å². The Balaban J connectivity index is 1.52. The molecule has 186 valence electrons. The minimum absolute atomic E-state index is 0.170. The predicted octanol–water partition coefficient (Wildman–Crippen LogP) is 5.99. The highest BCUT2D eigenvalue weighted by atomic mass is 32.1. The van der Waals surface area contributed by atoms with E-state index in [0.29, 0.717) is 28.3 Å². The van der Waals surface area contributed by atoms with Gasteiger partial charge in [-0.25, -0.2) is 0 Å². The molecular formula is C21H19F6N7S. The highest BCUT2D eigenvalue weighted by molar-refractivity contribution is 7.15. The minimum atomic E-state index is -4.81. The van der Waals surface area contributed by atoms with Crippen LogP contribution in [0.25, 0.3) is 0 Å². The summed E-state index contributed by atoms with van der Waals surface area (Å²) < 4.78 is 82.1. The van der Waals surface area contributed by atoms with Gasteiger partial charge in [0.2, 0.25) is 5.13 Å². The normalized spacial score (nSPS) is 13.3. The van der Waals surface area contributed by atoms with Gasteiger partial charge in [0, 0.05) is 18.0 Å². The third kappa shape index (κ3) is 5.47. The molecule has 1 atom stereocenters. The Bertz CT molecular complexity index is 1330. The fourth-order valence-corrected chi connectivity index (χ4v) is 4.36. The van der Waals surface area contributed by atoms with Crippen LogP contribution < -0.4 is 5.32 Å². The van der Waals surface area contributed by atoms with Crippen molar-refractivity contribution in [2.45, 2.75) is 45.7 Å². The third-order valence-corrected chi connectivity index (χ3v) is 6.16. The molecule has 35 heavy (non-hydrogen) atoms. The lowest BCUT2D eigenvalue weighted by Gasteiger charge is -2.15. The standard InChI is InChI=1S/C21H19F6N7S/c1-11-8-12(2)34(31-11)13(3)18-29-30-19(35-18)28-17-6-7-33(32-17)10-14-9-15(20(22,23)24)4-5-16(14)21(25,26)27/h4-9,13H,10H2,1-3H3,(H,28,30,32). The Morgan fingerprint density at radius 2 is 1.71 bits per heavy atom. The van der Waals surface area contributed by atoms with Crippen molar-refractivity contribution in [2.24, 2.45) is 0 Å². The molecular weight excluding hydrogens is 496 g/mol. The highest BCUT2D eigenvalue weighted by Crippen LogP contribution is 2.37. The van der Waals surface area contributed by atoms with Crippen molar-refractivity contribution < 1.29 is 26.3 Å². The molecule has 4 rings (SSSR count). The second-order valence-corrected chi connectivity index (χ2v) is 8.89.